The fourth-order valence-corrected chi connectivity index (χ4v) is 1.74. The van der Waals surface area contributed by atoms with Crippen molar-refractivity contribution in [3.05, 3.63) is 29.8 Å². The summed E-state index contributed by atoms with van der Waals surface area (Å²) in [6, 6.07) is 7.08. The quantitative estimate of drug-likeness (QED) is 0.316. The van der Waals surface area contributed by atoms with Gasteiger partial charge in [-0.2, -0.15) is 0 Å². The molecular weight excluding hydrogens is 262 g/mol. The maximum Gasteiger partial charge on any atom is 0.454 e. The topological polar surface area (TPSA) is 88.0 Å². The predicted octanol–water partition coefficient (Wildman–Crippen LogP) is -1.14. The second kappa shape index (κ2) is 6.76. The van der Waals surface area contributed by atoms with Gasteiger partial charge in [-0.3, -0.25) is 5.73 Å². The van der Waals surface area contributed by atoms with E-state index in [1.165, 1.54) is 0 Å². The van der Waals surface area contributed by atoms with Gasteiger partial charge in [0.05, 0.1) is 25.9 Å². The summed E-state index contributed by atoms with van der Waals surface area (Å²) in [7, 11) is 1.59. The molecule has 0 atom stereocenters. The van der Waals surface area contributed by atoms with Gasteiger partial charge < -0.3 is 14.4 Å². The molecule has 2 rings (SSSR count). The average molecular weight is 280 g/mol. The first-order valence-electron chi connectivity index (χ1n) is 6.27. The minimum atomic E-state index is -0.468. The number of hydrogen-bond donors (Lipinski definition) is 2. The molecule has 0 bridgehead atoms. The molecule has 0 spiro atoms. The van der Waals surface area contributed by atoms with Crippen LogP contribution in [0.4, 0.5) is 4.79 Å². The molecule has 0 radical (unpaired) electrons. The molecule has 0 aliphatic carbocycles. The van der Waals surface area contributed by atoms with Crippen LogP contribution in [0.2, 0.25) is 0 Å². The molecule has 3 N–H and O–H groups in total. The van der Waals surface area contributed by atoms with Crippen LogP contribution in [-0.4, -0.2) is 50.2 Å². The number of amides is 1. The summed E-state index contributed by atoms with van der Waals surface area (Å²) in [6.45, 7) is 2.07. The van der Waals surface area contributed by atoms with E-state index in [0.29, 0.717) is 31.9 Å². The minimum absolute atomic E-state index is 0.259. The molecule has 7 heteroatoms. The van der Waals surface area contributed by atoms with Gasteiger partial charge in [0.1, 0.15) is 5.75 Å². The highest BCUT2D eigenvalue weighted by Gasteiger charge is 2.19. The molecule has 0 aromatic heterocycles. The van der Waals surface area contributed by atoms with E-state index < -0.39 is 6.09 Å². The summed E-state index contributed by atoms with van der Waals surface area (Å²) < 4.78 is 10.2. The number of benzene rings is 1. The largest absolute Gasteiger partial charge is 0.497 e. The Bertz CT molecular complexity index is 481. The van der Waals surface area contributed by atoms with E-state index >= 15 is 0 Å². The zero-order valence-electron chi connectivity index (χ0n) is 11.3. The van der Waals surface area contributed by atoms with Crippen LogP contribution in [0, 0.1) is 0 Å². The Labute approximate surface area is 116 Å². The second-order valence-corrected chi connectivity index (χ2v) is 4.21. The molecule has 0 saturated carbocycles. The first kappa shape index (κ1) is 14.1. The molecule has 0 unspecified atom stereocenters. The third-order valence-electron chi connectivity index (χ3n) is 2.92. The second-order valence-electron chi connectivity index (χ2n) is 4.21. The van der Waals surface area contributed by atoms with Crippen LogP contribution in [0.5, 0.6) is 5.75 Å². The molecule has 7 nitrogen and oxygen atoms in total. The zero-order valence-corrected chi connectivity index (χ0v) is 11.3. The lowest BCUT2D eigenvalue weighted by atomic mass is 10.2. The fourth-order valence-electron chi connectivity index (χ4n) is 1.74. The van der Waals surface area contributed by atoms with Gasteiger partial charge in [-0.1, -0.05) is 5.16 Å². The molecule has 1 fully saturated rings. The normalized spacial score (nSPS) is 15.8. The molecule has 108 valence electrons. The molecule has 20 heavy (non-hydrogen) atoms. The Morgan fingerprint density at radius 3 is 2.55 bits per heavy atom. The number of nitrogens with zero attached hydrogens (tertiary/aromatic N) is 1. The molecule has 1 saturated heterocycles. The van der Waals surface area contributed by atoms with E-state index in [2.05, 4.69) is 5.16 Å². The number of methoxy groups -OCH3 is 1. The van der Waals surface area contributed by atoms with Crippen LogP contribution in [-0.2, 0) is 9.57 Å². The van der Waals surface area contributed by atoms with Gasteiger partial charge in [0, 0.05) is 13.1 Å². The number of ether oxygens (including phenoxy) is 2. The Morgan fingerprint density at radius 1 is 1.30 bits per heavy atom. The van der Waals surface area contributed by atoms with Gasteiger partial charge >= 0.3 is 11.9 Å². The van der Waals surface area contributed by atoms with Crippen molar-refractivity contribution >= 4 is 11.9 Å². The highest BCUT2D eigenvalue weighted by atomic mass is 16.7. The number of carbonyl (C=O) groups excluding carboxylic acids is 1. The Kier molecular flexibility index (Phi) is 4.78. The van der Waals surface area contributed by atoms with Crippen LogP contribution in [0.1, 0.15) is 5.56 Å². The van der Waals surface area contributed by atoms with E-state index in [1.807, 2.05) is 0 Å². The van der Waals surface area contributed by atoms with Crippen molar-refractivity contribution in [1.82, 2.24) is 4.90 Å². The lowest BCUT2D eigenvalue weighted by molar-refractivity contribution is -0.723. The first-order valence-corrected chi connectivity index (χ1v) is 6.27. The molecule has 1 aliphatic heterocycles. The summed E-state index contributed by atoms with van der Waals surface area (Å²) in [6.07, 6.45) is -0.468. The third kappa shape index (κ3) is 3.61. The van der Waals surface area contributed by atoms with Gasteiger partial charge in [0.15, 0.2) is 0 Å². The molecule has 1 heterocycles. The van der Waals surface area contributed by atoms with Crippen molar-refractivity contribution < 1.29 is 24.3 Å². The Morgan fingerprint density at radius 2 is 1.95 bits per heavy atom. The van der Waals surface area contributed by atoms with Crippen LogP contribution in [0.3, 0.4) is 0 Å². The standard InChI is InChI=1S/C13H17N3O4/c1-18-11-4-2-10(3-5-11)12(14)15-20-13(17)16-6-8-19-9-7-16/h2-5H,6-9H2,1H3,(H2,14,15)/p+1. The van der Waals surface area contributed by atoms with Crippen LogP contribution < -0.4 is 15.6 Å². The highest BCUT2D eigenvalue weighted by molar-refractivity contribution is 5.92. The van der Waals surface area contributed by atoms with E-state index in [-0.39, 0.29) is 5.84 Å². The average Bonchev–Trinajstić information content (AvgIpc) is 2.53. The summed E-state index contributed by atoms with van der Waals surface area (Å²) in [5.41, 5.74) is 6.52. The zero-order chi connectivity index (χ0) is 14.4. The van der Waals surface area contributed by atoms with Crippen molar-refractivity contribution in [2.75, 3.05) is 33.4 Å². The van der Waals surface area contributed by atoms with E-state index in [9.17, 15) is 4.79 Å². The Balaban J connectivity index is 1.93. The number of nitrogens with two attached hydrogens (primary N) is 1. The van der Waals surface area contributed by atoms with Crippen molar-refractivity contribution in [3.63, 3.8) is 0 Å². The monoisotopic (exact) mass is 280 g/mol. The maximum atomic E-state index is 11.7. The molecule has 1 aliphatic rings. The van der Waals surface area contributed by atoms with E-state index in [1.54, 1.807) is 36.3 Å². The van der Waals surface area contributed by atoms with Crippen molar-refractivity contribution in [3.8, 4) is 5.75 Å². The smallest absolute Gasteiger partial charge is 0.454 e. The molecular formula is C13H18N3O4+. The fraction of sp³-hybridized carbons (Fsp3) is 0.385. The summed E-state index contributed by atoms with van der Waals surface area (Å²) in [5, 5.41) is 2.46. The van der Waals surface area contributed by atoms with Gasteiger partial charge in [0.2, 0.25) is 0 Å². The number of rotatable bonds is 3. The number of amidine groups is 1. The lowest BCUT2D eigenvalue weighted by Gasteiger charge is -2.23. The lowest BCUT2D eigenvalue weighted by Crippen LogP contribution is -2.76. The van der Waals surface area contributed by atoms with Gasteiger partial charge in [-0.15, -0.1) is 0 Å². The van der Waals surface area contributed by atoms with Gasteiger partial charge in [-0.25, -0.2) is 9.63 Å². The van der Waals surface area contributed by atoms with Crippen LogP contribution in [0.25, 0.3) is 0 Å². The van der Waals surface area contributed by atoms with Gasteiger partial charge in [0.25, 0.3) is 0 Å². The van der Waals surface area contributed by atoms with Gasteiger partial charge in [-0.05, 0) is 24.3 Å². The first-order chi connectivity index (χ1) is 9.70. The van der Waals surface area contributed by atoms with Crippen LogP contribution >= 0.6 is 0 Å². The van der Waals surface area contributed by atoms with Crippen molar-refractivity contribution in [2.24, 2.45) is 5.73 Å². The van der Waals surface area contributed by atoms with E-state index in [0.717, 1.165) is 5.75 Å². The number of morpholine rings is 1. The van der Waals surface area contributed by atoms with Crippen molar-refractivity contribution in [1.29, 1.82) is 0 Å². The van der Waals surface area contributed by atoms with E-state index in [4.69, 9.17) is 20.0 Å². The van der Waals surface area contributed by atoms with Crippen molar-refractivity contribution in [2.45, 2.75) is 0 Å². The number of carbonyl (C=O) groups is 1. The summed E-state index contributed by atoms with van der Waals surface area (Å²) in [4.78, 5) is 18.2. The number of hydrogen-bond acceptors (Lipinski definition) is 4. The van der Waals surface area contributed by atoms with Crippen LogP contribution in [0.15, 0.2) is 24.3 Å². The molecule has 1 aromatic carbocycles. The Hall–Kier alpha value is -2.28. The molecule has 1 amide bonds. The molecule has 1 aromatic rings. The maximum absolute atomic E-state index is 11.7. The third-order valence-corrected chi connectivity index (χ3v) is 2.92. The predicted molar refractivity (Wildman–Crippen MR) is 71.1 cm³/mol. The number of nitrogen functional groups attached to an aromatic ring is 1. The summed E-state index contributed by atoms with van der Waals surface area (Å²) >= 11 is 0. The highest BCUT2D eigenvalue weighted by Crippen LogP contribution is 2.09. The number of nitrogens with one attached hydrogen (secondary N) is 1. The minimum Gasteiger partial charge on any atom is -0.497 e. The SMILES string of the molecule is COc1ccc(C(N)=[NH+]OC(=O)N2CCOCC2)cc1. The summed E-state index contributed by atoms with van der Waals surface area (Å²) in [5.74, 6) is 0.987.